The van der Waals surface area contributed by atoms with E-state index in [1.54, 1.807) is 6.08 Å². The number of nitrogens with one attached hydrogen (secondary N) is 1. The minimum Gasteiger partial charge on any atom is -0.756 e. The van der Waals surface area contributed by atoms with Gasteiger partial charge in [-0.05, 0) is 57.8 Å². The van der Waals surface area contributed by atoms with Crippen molar-refractivity contribution in [2.45, 2.75) is 264 Å². The third kappa shape index (κ3) is 50.2. The number of phosphoric acid groups is 1. The smallest absolute Gasteiger partial charge is 0.268 e. The van der Waals surface area contributed by atoms with Crippen LogP contribution in [0.2, 0.25) is 0 Å². The molecule has 9 heteroatoms. The van der Waals surface area contributed by atoms with E-state index in [2.05, 4.69) is 55.6 Å². The highest BCUT2D eigenvalue weighted by molar-refractivity contribution is 7.45. The zero-order chi connectivity index (χ0) is 47.8. The number of rotatable bonds is 50. The van der Waals surface area contributed by atoms with Gasteiger partial charge in [-0.1, -0.05) is 236 Å². The largest absolute Gasteiger partial charge is 0.756 e. The molecule has 0 saturated carbocycles. The molecule has 382 valence electrons. The van der Waals surface area contributed by atoms with E-state index in [0.29, 0.717) is 17.4 Å². The van der Waals surface area contributed by atoms with Crippen LogP contribution < -0.4 is 10.2 Å². The van der Waals surface area contributed by atoms with Gasteiger partial charge in [0, 0.05) is 6.42 Å². The molecule has 0 aromatic heterocycles. The first-order chi connectivity index (χ1) is 31.5. The Labute approximate surface area is 403 Å². The van der Waals surface area contributed by atoms with Crippen LogP contribution in [0, 0.1) is 0 Å². The van der Waals surface area contributed by atoms with Crippen LogP contribution in [-0.2, 0) is 18.4 Å². The van der Waals surface area contributed by atoms with Gasteiger partial charge in [0.25, 0.3) is 7.82 Å². The van der Waals surface area contributed by atoms with Gasteiger partial charge in [0.15, 0.2) is 0 Å². The lowest BCUT2D eigenvalue weighted by molar-refractivity contribution is -0.870. The molecule has 0 heterocycles. The first-order valence-electron chi connectivity index (χ1n) is 27.5. The summed E-state index contributed by atoms with van der Waals surface area (Å²) in [6.07, 6.45) is 62.0. The minimum atomic E-state index is -4.59. The molecule has 0 spiro atoms. The number of hydrogen-bond acceptors (Lipinski definition) is 6. The maximum absolute atomic E-state index is 12.9. The highest BCUT2D eigenvalue weighted by Gasteiger charge is 2.23. The number of hydrogen-bond donors (Lipinski definition) is 2. The van der Waals surface area contributed by atoms with E-state index in [9.17, 15) is 19.4 Å². The van der Waals surface area contributed by atoms with E-state index in [1.807, 2.05) is 27.2 Å². The summed E-state index contributed by atoms with van der Waals surface area (Å²) < 4.78 is 23.2. The average molecular weight is 935 g/mol. The van der Waals surface area contributed by atoms with Gasteiger partial charge >= 0.3 is 0 Å². The normalized spacial score (nSPS) is 14.4. The summed E-state index contributed by atoms with van der Waals surface area (Å²) >= 11 is 0. The highest BCUT2D eigenvalue weighted by Crippen LogP contribution is 2.38. The molecule has 0 bridgehead atoms. The molecule has 0 aliphatic rings. The van der Waals surface area contributed by atoms with E-state index in [-0.39, 0.29) is 19.1 Å². The second kappa shape index (κ2) is 47.5. The predicted molar refractivity (Wildman–Crippen MR) is 279 cm³/mol. The Balaban J connectivity index is 3.97. The summed E-state index contributed by atoms with van der Waals surface area (Å²) in [5.74, 6) is -0.198. The molecule has 0 fully saturated rings. The van der Waals surface area contributed by atoms with Gasteiger partial charge in [-0.15, -0.1) is 0 Å². The number of unbranched alkanes of at least 4 members (excludes halogenated alkanes) is 31. The Morgan fingerprint density at radius 2 is 0.892 bits per heavy atom. The maximum Gasteiger partial charge on any atom is 0.268 e. The molecule has 3 atom stereocenters. The van der Waals surface area contributed by atoms with Crippen LogP contribution in [-0.4, -0.2) is 68.5 Å². The van der Waals surface area contributed by atoms with E-state index in [1.165, 1.54) is 180 Å². The fourth-order valence-corrected chi connectivity index (χ4v) is 8.65. The number of carbonyl (C=O) groups is 1. The molecule has 0 radical (unpaired) electrons. The summed E-state index contributed by atoms with van der Waals surface area (Å²) in [7, 11) is 1.26. The average Bonchev–Trinajstić information content (AvgIpc) is 3.26. The van der Waals surface area contributed by atoms with E-state index in [0.717, 1.165) is 51.4 Å². The van der Waals surface area contributed by atoms with Gasteiger partial charge in [-0.2, -0.15) is 0 Å². The Hall–Kier alpha value is -1.54. The lowest BCUT2D eigenvalue weighted by Crippen LogP contribution is -2.45. The molecule has 8 nitrogen and oxygen atoms in total. The molecule has 0 aliphatic carbocycles. The van der Waals surface area contributed by atoms with E-state index >= 15 is 0 Å². The fourth-order valence-electron chi connectivity index (χ4n) is 7.93. The summed E-state index contributed by atoms with van der Waals surface area (Å²) in [6, 6.07) is -0.884. The topological polar surface area (TPSA) is 108 Å². The summed E-state index contributed by atoms with van der Waals surface area (Å²) in [4.78, 5) is 25.3. The van der Waals surface area contributed by atoms with Crippen molar-refractivity contribution in [1.29, 1.82) is 0 Å². The standard InChI is InChI=1S/C56H107N2O6P/c1-6-8-10-12-14-16-18-19-20-21-22-23-24-25-26-27-28-29-30-31-32-33-34-35-36-37-38-39-40-42-44-46-48-50-56(60)57-54(53-64-65(61,62)63-52-51-58(3,4)5)55(59)49-47-45-43-41-17-15-13-11-9-7-2/h18-19,21-22,24-25,47,49,54-55,59H,6-17,20,23,26-46,48,50-53H2,1-5H3,(H-,57,60,61,62)/b19-18-,22-21-,25-24-,49-47+. The van der Waals surface area contributed by atoms with Gasteiger partial charge in [-0.25, -0.2) is 0 Å². The second-order valence-corrected chi connectivity index (χ2v) is 21.3. The molecule has 2 N–H and O–H groups in total. The number of nitrogens with zero attached hydrogens (tertiary/aromatic N) is 1. The van der Waals surface area contributed by atoms with Gasteiger partial charge < -0.3 is 28.8 Å². The number of carbonyl (C=O) groups excluding carboxylic acids is 1. The van der Waals surface area contributed by atoms with Crippen LogP contribution in [0.25, 0.3) is 0 Å². The second-order valence-electron chi connectivity index (χ2n) is 19.9. The van der Waals surface area contributed by atoms with Crippen LogP contribution in [0.5, 0.6) is 0 Å². The Morgan fingerprint density at radius 3 is 1.29 bits per heavy atom. The van der Waals surface area contributed by atoms with Crippen molar-refractivity contribution in [2.75, 3.05) is 40.9 Å². The van der Waals surface area contributed by atoms with Gasteiger partial charge in [0.2, 0.25) is 5.91 Å². The SMILES string of the molecule is CCCCCCC/C=C\C/C=C\C/C=C\CCCCCCCCCCCCCCCCCCCCC(=O)NC(COP(=O)([O-])OCC[N+](C)(C)C)C(O)/C=C/CCCCCCCCCC. The number of phosphoric ester groups is 1. The van der Waals surface area contributed by atoms with Crippen molar-refractivity contribution < 1.29 is 32.9 Å². The van der Waals surface area contributed by atoms with E-state index in [4.69, 9.17) is 9.05 Å². The van der Waals surface area contributed by atoms with Crippen molar-refractivity contribution in [3.63, 3.8) is 0 Å². The van der Waals surface area contributed by atoms with Gasteiger partial charge in [-0.3, -0.25) is 9.36 Å². The van der Waals surface area contributed by atoms with Crippen LogP contribution in [0.4, 0.5) is 0 Å². The molecule has 65 heavy (non-hydrogen) atoms. The molecule has 0 rings (SSSR count). The Morgan fingerprint density at radius 1 is 0.538 bits per heavy atom. The maximum atomic E-state index is 12.9. The third-order valence-corrected chi connectivity index (χ3v) is 13.2. The Bertz CT molecular complexity index is 1200. The molecule has 0 aliphatic heterocycles. The summed E-state index contributed by atoms with van der Waals surface area (Å²) in [5, 5.41) is 13.8. The molecule has 1 amide bonds. The first kappa shape index (κ1) is 63.5. The van der Waals surface area contributed by atoms with Gasteiger partial charge in [0.05, 0.1) is 39.9 Å². The lowest BCUT2D eigenvalue weighted by atomic mass is 10.0. The number of aliphatic hydroxyl groups is 1. The highest BCUT2D eigenvalue weighted by atomic mass is 31.2. The van der Waals surface area contributed by atoms with Crippen molar-refractivity contribution in [2.24, 2.45) is 0 Å². The predicted octanol–water partition coefficient (Wildman–Crippen LogP) is 15.7. The quantitative estimate of drug-likeness (QED) is 0.0272. The molecule has 3 unspecified atom stereocenters. The fraction of sp³-hybridized carbons (Fsp3) is 0.839. The number of allylic oxidation sites excluding steroid dienone is 7. The summed E-state index contributed by atoms with van der Waals surface area (Å²) in [6.45, 7) is 4.62. The monoisotopic (exact) mass is 935 g/mol. The third-order valence-electron chi connectivity index (χ3n) is 12.3. The number of amides is 1. The van der Waals surface area contributed by atoms with Crippen LogP contribution in [0.15, 0.2) is 48.6 Å². The zero-order valence-electron chi connectivity index (χ0n) is 43.4. The van der Waals surface area contributed by atoms with Crippen LogP contribution in [0.1, 0.15) is 251 Å². The van der Waals surface area contributed by atoms with Crippen molar-refractivity contribution in [3.8, 4) is 0 Å². The molecular formula is C56H107N2O6P. The molecule has 0 saturated heterocycles. The lowest BCUT2D eigenvalue weighted by Gasteiger charge is -2.29. The van der Waals surface area contributed by atoms with Crippen molar-refractivity contribution in [1.82, 2.24) is 5.32 Å². The van der Waals surface area contributed by atoms with Crippen molar-refractivity contribution >= 4 is 13.7 Å². The minimum absolute atomic E-state index is 0.000817. The molecule has 0 aromatic rings. The zero-order valence-corrected chi connectivity index (χ0v) is 44.3. The number of aliphatic hydroxyl groups excluding tert-OH is 1. The van der Waals surface area contributed by atoms with E-state index < -0.39 is 20.0 Å². The van der Waals surface area contributed by atoms with Crippen LogP contribution in [0.3, 0.4) is 0 Å². The molecular weight excluding hydrogens is 828 g/mol. The summed E-state index contributed by atoms with van der Waals surface area (Å²) in [5.41, 5.74) is 0. The van der Waals surface area contributed by atoms with Crippen molar-refractivity contribution in [3.05, 3.63) is 48.6 Å². The number of likely N-dealkylation sites (N-methyl/N-ethyl adjacent to an activating group) is 1. The van der Waals surface area contributed by atoms with Gasteiger partial charge in [0.1, 0.15) is 13.2 Å². The van der Waals surface area contributed by atoms with Crippen LogP contribution >= 0.6 is 7.82 Å². The Kier molecular flexibility index (Phi) is 46.4. The number of quaternary nitrogens is 1. The molecule has 0 aromatic carbocycles. The first-order valence-corrected chi connectivity index (χ1v) is 29.0.